The Morgan fingerprint density at radius 3 is 2.03 bits per heavy atom. The van der Waals surface area contributed by atoms with Crippen LogP contribution in [0.15, 0.2) is 73.1 Å². The normalized spacial score (nSPS) is 10.4. The summed E-state index contributed by atoms with van der Waals surface area (Å²) < 4.78 is 2.30. The van der Waals surface area contributed by atoms with Gasteiger partial charge >= 0.3 is 0 Å². The fraction of sp³-hybridized carbons (Fsp3) is 0.333. The van der Waals surface area contributed by atoms with E-state index in [2.05, 4.69) is 83.3 Å². The van der Waals surface area contributed by atoms with Crippen molar-refractivity contribution in [1.82, 2.24) is 19.4 Å². The molecule has 0 aliphatic heterocycles. The molecule has 0 amide bonds. The predicted molar refractivity (Wildman–Crippen MR) is 135 cm³/mol. The minimum absolute atomic E-state index is 0. The number of aromatic amines is 1. The Morgan fingerprint density at radius 2 is 1.43 bits per heavy atom. The number of hydrogen-bond acceptors (Lipinski definition) is 2. The molecule has 0 radical (unpaired) electrons. The highest BCUT2D eigenvalue weighted by Gasteiger charge is 1.99. The van der Waals surface area contributed by atoms with Crippen LogP contribution in [-0.2, 0) is 6.54 Å². The van der Waals surface area contributed by atoms with E-state index in [0.717, 1.165) is 25.5 Å². The van der Waals surface area contributed by atoms with Crippen LogP contribution >= 0.6 is 24.0 Å². The summed E-state index contributed by atoms with van der Waals surface area (Å²) in [6, 6.07) is 21.0. The third-order valence-corrected chi connectivity index (χ3v) is 4.63. The third kappa shape index (κ3) is 8.80. The Kier molecular flexibility index (Phi) is 12.2. The molecule has 1 N–H and O–H groups in total. The second-order valence-electron chi connectivity index (χ2n) is 7.43. The molecule has 4 rings (SSSR count). The standard InChI is InChI=1S/C12H16N2.C8H7N.C4H10ClN.ClH/c1-13(2)9-10-14-8-7-11-5-3-4-6-12(11)14;1-2-4-8-7(3-1)5-6-9-8;1-6(2)4-3-5;/h3-8H,9-10H2,1-2H3;1-6,9H;3-4H2,1-2H3;1H. The van der Waals surface area contributed by atoms with Gasteiger partial charge in [0.05, 0.1) is 0 Å². The first-order valence-electron chi connectivity index (χ1n) is 9.92. The van der Waals surface area contributed by atoms with Crippen molar-refractivity contribution >= 4 is 45.8 Å². The Hall–Kier alpha value is -1.98. The van der Waals surface area contributed by atoms with Crippen LogP contribution in [0.25, 0.3) is 21.8 Å². The van der Waals surface area contributed by atoms with Gasteiger partial charge in [-0.3, -0.25) is 0 Å². The summed E-state index contributed by atoms with van der Waals surface area (Å²) in [5.41, 5.74) is 2.53. The van der Waals surface area contributed by atoms with E-state index in [-0.39, 0.29) is 12.4 Å². The van der Waals surface area contributed by atoms with Gasteiger partial charge in [-0.15, -0.1) is 24.0 Å². The molecular weight excluding hydrogens is 415 g/mol. The first-order valence-corrected chi connectivity index (χ1v) is 10.5. The molecule has 0 bridgehead atoms. The number of likely N-dealkylation sites (N-methyl/N-ethyl adjacent to an activating group) is 1. The van der Waals surface area contributed by atoms with Gasteiger partial charge in [0, 0.05) is 48.9 Å². The summed E-state index contributed by atoms with van der Waals surface area (Å²) in [5.74, 6) is 0.729. The number of rotatable bonds is 5. The minimum Gasteiger partial charge on any atom is -0.361 e. The van der Waals surface area contributed by atoms with Crippen LogP contribution in [0, 0.1) is 0 Å². The summed E-state index contributed by atoms with van der Waals surface area (Å²) in [4.78, 5) is 7.37. The Balaban J connectivity index is 0.000000243. The fourth-order valence-corrected chi connectivity index (χ4v) is 3.15. The zero-order chi connectivity index (χ0) is 21.1. The van der Waals surface area contributed by atoms with Crippen LogP contribution in [0.4, 0.5) is 0 Å². The molecule has 4 nitrogen and oxygen atoms in total. The second-order valence-corrected chi connectivity index (χ2v) is 7.81. The van der Waals surface area contributed by atoms with E-state index < -0.39 is 0 Å². The zero-order valence-electron chi connectivity index (χ0n) is 18.4. The van der Waals surface area contributed by atoms with Crippen molar-refractivity contribution in [3.8, 4) is 0 Å². The predicted octanol–water partition coefficient (Wildman–Crippen LogP) is 5.58. The van der Waals surface area contributed by atoms with Gasteiger partial charge in [-0.05, 0) is 63.2 Å². The Labute approximate surface area is 191 Å². The number of para-hydroxylation sites is 2. The van der Waals surface area contributed by atoms with Crippen molar-refractivity contribution in [2.45, 2.75) is 6.54 Å². The van der Waals surface area contributed by atoms with Crippen LogP contribution in [0.2, 0.25) is 0 Å². The van der Waals surface area contributed by atoms with Crippen LogP contribution in [0.3, 0.4) is 0 Å². The van der Waals surface area contributed by atoms with E-state index in [1.807, 2.05) is 37.3 Å². The van der Waals surface area contributed by atoms with Crippen molar-refractivity contribution in [2.75, 3.05) is 47.2 Å². The molecule has 2 aromatic heterocycles. The van der Waals surface area contributed by atoms with Gasteiger partial charge < -0.3 is 19.4 Å². The van der Waals surface area contributed by atoms with Crippen LogP contribution in [0.1, 0.15) is 0 Å². The van der Waals surface area contributed by atoms with Gasteiger partial charge in [-0.1, -0.05) is 36.4 Å². The topological polar surface area (TPSA) is 27.2 Å². The van der Waals surface area contributed by atoms with Crippen molar-refractivity contribution in [2.24, 2.45) is 0 Å². The van der Waals surface area contributed by atoms with E-state index >= 15 is 0 Å². The number of halogens is 2. The Morgan fingerprint density at radius 1 is 0.800 bits per heavy atom. The fourth-order valence-electron chi connectivity index (χ4n) is 2.81. The smallest absolute Gasteiger partial charge is 0.0480 e. The third-order valence-electron chi connectivity index (χ3n) is 4.46. The summed E-state index contributed by atoms with van der Waals surface area (Å²) >= 11 is 5.35. The molecule has 0 unspecified atom stereocenters. The number of nitrogens with zero attached hydrogens (tertiary/aromatic N) is 3. The number of hydrogen-bond donors (Lipinski definition) is 1. The van der Waals surface area contributed by atoms with Gasteiger partial charge in [-0.2, -0.15) is 0 Å². The molecule has 0 saturated heterocycles. The van der Waals surface area contributed by atoms with Crippen LogP contribution in [0.5, 0.6) is 0 Å². The molecule has 0 spiro atoms. The van der Waals surface area contributed by atoms with Crippen LogP contribution < -0.4 is 0 Å². The van der Waals surface area contributed by atoms with Gasteiger partial charge in [0.1, 0.15) is 0 Å². The highest BCUT2D eigenvalue weighted by Crippen LogP contribution is 2.14. The van der Waals surface area contributed by atoms with Crippen molar-refractivity contribution in [1.29, 1.82) is 0 Å². The molecule has 0 aliphatic carbocycles. The molecule has 0 atom stereocenters. The van der Waals surface area contributed by atoms with E-state index in [9.17, 15) is 0 Å². The Bertz CT molecular complexity index is 930. The average molecular weight is 449 g/mol. The number of H-pyrrole nitrogens is 1. The molecule has 6 heteroatoms. The summed E-state index contributed by atoms with van der Waals surface area (Å²) in [7, 11) is 8.21. The van der Waals surface area contributed by atoms with Crippen molar-refractivity contribution < 1.29 is 0 Å². The molecular formula is C24H34Cl2N4. The quantitative estimate of drug-likeness (QED) is 0.403. The maximum atomic E-state index is 5.35. The number of nitrogens with one attached hydrogen (secondary N) is 1. The van der Waals surface area contributed by atoms with E-state index in [4.69, 9.17) is 11.6 Å². The summed E-state index contributed by atoms with van der Waals surface area (Å²) in [6.07, 6.45) is 4.11. The second kappa shape index (κ2) is 14.1. The average Bonchev–Trinajstić information content (AvgIpc) is 3.34. The monoisotopic (exact) mass is 448 g/mol. The molecule has 4 aromatic rings. The first-order chi connectivity index (χ1) is 14.0. The van der Waals surface area contributed by atoms with Gasteiger partial charge in [0.25, 0.3) is 0 Å². The van der Waals surface area contributed by atoms with E-state index in [1.54, 1.807) is 0 Å². The largest absolute Gasteiger partial charge is 0.361 e. The molecule has 0 fully saturated rings. The SMILES string of the molecule is CN(C)CCCl.CN(C)CCn1ccc2ccccc21.Cl.c1ccc2[nH]ccc2c1. The lowest BCUT2D eigenvalue weighted by Gasteiger charge is -2.10. The number of aromatic nitrogens is 2. The maximum absolute atomic E-state index is 5.35. The molecule has 2 heterocycles. The molecule has 2 aromatic carbocycles. The van der Waals surface area contributed by atoms with Crippen molar-refractivity contribution in [3.05, 3.63) is 73.1 Å². The lowest BCUT2D eigenvalue weighted by molar-refractivity contribution is 0.387. The van der Waals surface area contributed by atoms with Gasteiger partial charge in [0.2, 0.25) is 0 Å². The van der Waals surface area contributed by atoms with Gasteiger partial charge in [-0.25, -0.2) is 0 Å². The first kappa shape index (κ1) is 26.1. The summed E-state index contributed by atoms with van der Waals surface area (Å²) in [6.45, 7) is 3.11. The molecule has 0 aliphatic rings. The minimum atomic E-state index is 0. The molecule has 30 heavy (non-hydrogen) atoms. The molecule has 164 valence electrons. The summed E-state index contributed by atoms with van der Waals surface area (Å²) in [5, 5.41) is 2.60. The zero-order valence-corrected chi connectivity index (χ0v) is 20.0. The van der Waals surface area contributed by atoms with Crippen LogP contribution in [-0.4, -0.2) is 66.5 Å². The van der Waals surface area contributed by atoms with Crippen molar-refractivity contribution in [3.63, 3.8) is 0 Å². The van der Waals surface area contributed by atoms with Gasteiger partial charge in [0.15, 0.2) is 0 Å². The lowest BCUT2D eigenvalue weighted by atomic mass is 10.2. The number of benzene rings is 2. The molecule has 0 saturated carbocycles. The number of alkyl halides is 1. The number of fused-ring (bicyclic) bond motifs is 2. The highest BCUT2D eigenvalue weighted by molar-refractivity contribution is 6.18. The lowest BCUT2D eigenvalue weighted by Crippen LogP contribution is -2.17. The van der Waals surface area contributed by atoms with E-state index in [1.165, 1.54) is 21.8 Å². The maximum Gasteiger partial charge on any atom is 0.0480 e. The van der Waals surface area contributed by atoms with E-state index in [0.29, 0.717) is 0 Å². The highest BCUT2D eigenvalue weighted by atomic mass is 35.5.